The predicted molar refractivity (Wildman–Crippen MR) is 76.0 cm³/mol. The van der Waals surface area contributed by atoms with Gasteiger partial charge in [0, 0.05) is 28.4 Å². The molecule has 0 fully saturated rings. The van der Waals surface area contributed by atoms with Crippen LogP contribution in [0, 0.1) is 5.82 Å². The van der Waals surface area contributed by atoms with Crippen LogP contribution in [-0.2, 0) is 0 Å². The van der Waals surface area contributed by atoms with Gasteiger partial charge in [-0.25, -0.2) is 4.39 Å². The summed E-state index contributed by atoms with van der Waals surface area (Å²) in [5.74, 6) is -0.823. The van der Waals surface area contributed by atoms with E-state index in [0.717, 1.165) is 17.0 Å². The first-order chi connectivity index (χ1) is 9.65. The average molecular weight is 266 g/mol. The molecule has 0 aliphatic carbocycles. The Hall–Kier alpha value is -2.75. The van der Waals surface area contributed by atoms with Crippen LogP contribution in [0.25, 0.3) is 10.9 Å². The number of hydrogen-bond acceptors (Lipinski definition) is 3. The van der Waals surface area contributed by atoms with E-state index < -0.39 is 5.82 Å². The molecule has 2 aromatic carbocycles. The minimum Gasteiger partial charge on any atom is -0.398 e. The lowest BCUT2D eigenvalue weighted by Gasteiger charge is -2.06. The molecular weight excluding hydrogens is 255 g/mol. The van der Waals surface area contributed by atoms with E-state index in [2.05, 4.69) is 4.98 Å². The quantitative estimate of drug-likeness (QED) is 0.572. The van der Waals surface area contributed by atoms with Crippen LogP contribution >= 0.6 is 0 Å². The maximum atomic E-state index is 13.3. The van der Waals surface area contributed by atoms with Gasteiger partial charge in [-0.1, -0.05) is 18.2 Å². The van der Waals surface area contributed by atoms with Gasteiger partial charge >= 0.3 is 0 Å². The molecule has 3 aromatic rings. The fourth-order valence-corrected chi connectivity index (χ4v) is 2.08. The maximum Gasteiger partial charge on any atom is 0.196 e. The molecule has 0 saturated heterocycles. The van der Waals surface area contributed by atoms with Gasteiger partial charge in [0.15, 0.2) is 5.78 Å². The van der Waals surface area contributed by atoms with Gasteiger partial charge in [0.25, 0.3) is 0 Å². The molecule has 20 heavy (non-hydrogen) atoms. The van der Waals surface area contributed by atoms with E-state index in [1.807, 2.05) is 24.3 Å². The summed E-state index contributed by atoms with van der Waals surface area (Å²) in [6, 6.07) is 13.0. The third-order valence-corrected chi connectivity index (χ3v) is 3.11. The summed E-state index contributed by atoms with van der Waals surface area (Å²) in [7, 11) is 0. The van der Waals surface area contributed by atoms with Gasteiger partial charge in [0.05, 0.1) is 5.52 Å². The standard InChI is InChI=1S/C16H11FN2O/c17-12-5-6-14(18)13(8-12)16(20)11-7-10-3-1-2-4-15(10)19-9-11/h1-9H,18H2. The molecule has 0 spiro atoms. The summed E-state index contributed by atoms with van der Waals surface area (Å²) in [6.07, 6.45) is 1.48. The zero-order chi connectivity index (χ0) is 14.1. The number of pyridine rings is 1. The number of benzene rings is 2. The third-order valence-electron chi connectivity index (χ3n) is 3.11. The molecule has 0 aliphatic rings. The highest BCUT2D eigenvalue weighted by Crippen LogP contribution is 2.20. The minimum atomic E-state index is -0.490. The Morgan fingerprint density at radius 2 is 1.90 bits per heavy atom. The number of carbonyl (C=O) groups excluding carboxylic acids is 1. The fourth-order valence-electron chi connectivity index (χ4n) is 2.08. The molecule has 0 atom stereocenters. The molecule has 1 aromatic heterocycles. The number of fused-ring (bicyclic) bond motifs is 1. The lowest BCUT2D eigenvalue weighted by atomic mass is 10.0. The number of aromatic nitrogens is 1. The Kier molecular flexibility index (Phi) is 2.91. The summed E-state index contributed by atoms with van der Waals surface area (Å²) in [6.45, 7) is 0. The van der Waals surface area contributed by atoms with Crippen molar-refractivity contribution in [1.82, 2.24) is 4.98 Å². The van der Waals surface area contributed by atoms with E-state index >= 15 is 0 Å². The number of ketones is 1. The second-order valence-corrected chi connectivity index (χ2v) is 4.48. The highest BCUT2D eigenvalue weighted by molar-refractivity contribution is 6.12. The van der Waals surface area contributed by atoms with Crippen LogP contribution in [0.1, 0.15) is 15.9 Å². The molecule has 0 unspecified atom stereocenters. The van der Waals surface area contributed by atoms with Crippen molar-refractivity contribution in [3.05, 3.63) is 71.7 Å². The van der Waals surface area contributed by atoms with Crippen LogP contribution in [0.4, 0.5) is 10.1 Å². The summed E-state index contributed by atoms with van der Waals surface area (Å²) in [5.41, 5.74) is 7.33. The molecule has 0 aliphatic heterocycles. The van der Waals surface area contributed by atoms with Crippen molar-refractivity contribution in [3.63, 3.8) is 0 Å². The first-order valence-corrected chi connectivity index (χ1v) is 6.09. The predicted octanol–water partition coefficient (Wildman–Crippen LogP) is 3.19. The molecule has 0 bridgehead atoms. The van der Waals surface area contributed by atoms with Gasteiger partial charge in [0.2, 0.25) is 0 Å². The van der Waals surface area contributed by atoms with Crippen molar-refractivity contribution < 1.29 is 9.18 Å². The summed E-state index contributed by atoms with van der Waals surface area (Å²) in [5, 5.41) is 0.855. The van der Waals surface area contributed by atoms with E-state index in [9.17, 15) is 9.18 Å². The Bertz CT molecular complexity index is 814. The van der Waals surface area contributed by atoms with Gasteiger partial charge in [-0.2, -0.15) is 0 Å². The van der Waals surface area contributed by atoms with Crippen molar-refractivity contribution in [2.24, 2.45) is 0 Å². The highest BCUT2D eigenvalue weighted by Gasteiger charge is 2.14. The van der Waals surface area contributed by atoms with E-state index in [4.69, 9.17) is 5.73 Å². The molecule has 0 amide bonds. The van der Waals surface area contributed by atoms with Crippen molar-refractivity contribution in [2.75, 3.05) is 5.73 Å². The number of nitrogens with two attached hydrogens (primary N) is 1. The van der Waals surface area contributed by atoms with Crippen molar-refractivity contribution in [2.45, 2.75) is 0 Å². The number of carbonyl (C=O) groups is 1. The number of nitrogen functional groups attached to an aromatic ring is 1. The van der Waals surface area contributed by atoms with Crippen molar-refractivity contribution >= 4 is 22.4 Å². The molecule has 3 nitrogen and oxygen atoms in total. The Morgan fingerprint density at radius 1 is 1.10 bits per heavy atom. The lowest BCUT2D eigenvalue weighted by Crippen LogP contribution is -2.06. The summed E-state index contributed by atoms with van der Waals surface area (Å²) >= 11 is 0. The van der Waals surface area contributed by atoms with E-state index in [-0.39, 0.29) is 17.0 Å². The molecule has 1 heterocycles. The smallest absolute Gasteiger partial charge is 0.196 e. The summed E-state index contributed by atoms with van der Waals surface area (Å²) in [4.78, 5) is 16.6. The number of halogens is 1. The average Bonchev–Trinajstić information content (AvgIpc) is 2.48. The van der Waals surface area contributed by atoms with Gasteiger partial charge < -0.3 is 5.73 Å². The normalized spacial score (nSPS) is 10.7. The molecule has 98 valence electrons. The highest BCUT2D eigenvalue weighted by atomic mass is 19.1. The number of hydrogen-bond donors (Lipinski definition) is 1. The van der Waals surface area contributed by atoms with E-state index in [1.54, 1.807) is 6.07 Å². The number of nitrogens with zero attached hydrogens (tertiary/aromatic N) is 1. The van der Waals surface area contributed by atoms with Crippen LogP contribution in [0.3, 0.4) is 0 Å². The second kappa shape index (κ2) is 4.74. The van der Waals surface area contributed by atoms with Crippen molar-refractivity contribution in [1.29, 1.82) is 0 Å². The Labute approximate surface area is 114 Å². The maximum absolute atomic E-state index is 13.3. The minimum absolute atomic E-state index is 0.155. The zero-order valence-corrected chi connectivity index (χ0v) is 10.5. The number of rotatable bonds is 2. The zero-order valence-electron chi connectivity index (χ0n) is 10.5. The third kappa shape index (κ3) is 2.12. The van der Waals surface area contributed by atoms with Gasteiger partial charge in [-0.3, -0.25) is 9.78 Å². The first-order valence-electron chi connectivity index (χ1n) is 6.09. The van der Waals surface area contributed by atoms with E-state index in [1.165, 1.54) is 18.3 Å². The van der Waals surface area contributed by atoms with Crippen LogP contribution in [-0.4, -0.2) is 10.8 Å². The summed E-state index contributed by atoms with van der Waals surface area (Å²) < 4.78 is 13.3. The van der Waals surface area contributed by atoms with Gasteiger partial charge in [0.1, 0.15) is 5.82 Å². The molecular formula is C16H11FN2O. The SMILES string of the molecule is Nc1ccc(F)cc1C(=O)c1cnc2ccccc2c1. The Balaban J connectivity index is 2.10. The lowest BCUT2D eigenvalue weighted by molar-refractivity contribution is 0.103. The molecule has 3 rings (SSSR count). The second-order valence-electron chi connectivity index (χ2n) is 4.48. The van der Waals surface area contributed by atoms with E-state index in [0.29, 0.717) is 5.56 Å². The Morgan fingerprint density at radius 3 is 2.75 bits per heavy atom. The monoisotopic (exact) mass is 266 g/mol. The van der Waals surface area contributed by atoms with Crippen LogP contribution in [0.5, 0.6) is 0 Å². The topological polar surface area (TPSA) is 56.0 Å². The van der Waals surface area contributed by atoms with Crippen LogP contribution in [0.15, 0.2) is 54.7 Å². The first kappa shape index (κ1) is 12.3. The number of anilines is 1. The molecule has 0 radical (unpaired) electrons. The molecule has 2 N–H and O–H groups in total. The van der Waals surface area contributed by atoms with Crippen LogP contribution < -0.4 is 5.73 Å². The van der Waals surface area contributed by atoms with Crippen molar-refractivity contribution in [3.8, 4) is 0 Å². The molecule has 0 saturated carbocycles. The molecule has 4 heteroatoms. The largest absolute Gasteiger partial charge is 0.398 e. The van der Waals surface area contributed by atoms with Crippen LogP contribution in [0.2, 0.25) is 0 Å². The van der Waals surface area contributed by atoms with Gasteiger partial charge in [-0.05, 0) is 30.3 Å². The van der Waals surface area contributed by atoms with Gasteiger partial charge in [-0.15, -0.1) is 0 Å². The number of para-hydroxylation sites is 1. The fraction of sp³-hybridized carbons (Fsp3) is 0.